The first-order chi connectivity index (χ1) is 11.1. The van der Waals surface area contributed by atoms with Gasteiger partial charge in [0.1, 0.15) is 0 Å². The lowest BCUT2D eigenvalue weighted by atomic mass is 9.86. The first-order valence-corrected chi connectivity index (χ1v) is 8.31. The molecule has 0 unspecified atom stereocenters. The van der Waals surface area contributed by atoms with Crippen LogP contribution in [0.4, 0.5) is 5.69 Å². The third-order valence-corrected chi connectivity index (χ3v) is 5.21. The van der Waals surface area contributed by atoms with Gasteiger partial charge in [-0.25, -0.2) is 0 Å². The van der Waals surface area contributed by atoms with Crippen LogP contribution < -0.4 is 5.32 Å². The van der Waals surface area contributed by atoms with Crippen LogP contribution in [-0.2, 0) is 6.54 Å². The van der Waals surface area contributed by atoms with Crippen molar-refractivity contribution < 1.29 is 4.92 Å². The van der Waals surface area contributed by atoms with Crippen molar-refractivity contribution in [2.75, 3.05) is 20.1 Å². The Balaban J connectivity index is 0.00000208. The number of aliphatic imine (C=N–C) groups is 1. The number of likely N-dealkylation sites (tertiary alicyclic amines) is 1. The summed E-state index contributed by atoms with van der Waals surface area (Å²) >= 11 is 0. The molecule has 0 amide bonds. The largest absolute Gasteiger partial charge is 0.352 e. The lowest BCUT2D eigenvalue weighted by Gasteiger charge is -2.26. The predicted octanol–water partition coefficient (Wildman–Crippen LogP) is 3.55. The van der Waals surface area contributed by atoms with E-state index in [-0.39, 0.29) is 34.6 Å². The molecule has 1 spiro atoms. The van der Waals surface area contributed by atoms with E-state index in [9.17, 15) is 10.1 Å². The molecule has 132 valence electrons. The topological polar surface area (TPSA) is 70.8 Å². The summed E-state index contributed by atoms with van der Waals surface area (Å²) < 4.78 is 0. The number of hydrogen-bond donors (Lipinski definition) is 1. The minimum absolute atomic E-state index is 0. The normalized spacial score (nSPS) is 19.4. The van der Waals surface area contributed by atoms with Crippen molar-refractivity contribution in [2.45, 2.75) is 38.6 Å². The SMILES string of the molecule is CN=C(NCc1ccc([N+](=O)[O-])cc1)N1CCC2(CCCC2)C1.I. The van der Waals surface area contributed by atoms with Crippen LogP contribution in [0.1, 0.15) is 37.7 Å². The van der Waals surface area contributed by atoms with E-state index in [4.69, 9.17) is 0 Å². The van der Waals surface area contributed by atoms with Gasteiger partial charge in [0.2, 0.25) is 0 Å². The van der Waals surface area contributed by atoms with Crippen LogP contribution in [0, 0.1) is 15.5 Å². The number of nitro benzene ring substituents is 1. The second kappa shape index (κ2) is 8.13. The Labute approximate surface area is 159 Å². The molecule has 1 aliphatic carbocycles. The lowest BCUT2D eigenvalue weighted by molar-refractivity contribution is -0.384. The van der Waals surface area contributed by atoms with Crippen LogP contribution >= 0.6 is 24.0 Å². The quantitative estimate of drug-likeness (QED) is 0.255. The Morgan fingerprint density at radius 2 is 1.96 bits per heavy atom. The fraction of sp³-hybridized carbons (Fsp3) is 0.588. The number of guanidine groups is 1. The van der Waals surface area contributed by atoms with Crippen molar-refractivity contribution in [3.63, 3.8) is 0 Å². The third-order valence-electron chi connectivity index (χ3n) is 5.21. The predicted molar refractivity (Wildman–Crippen MR) is 106 cm³/mol. The Kier molecular flexibility index (Phi) is 6.42. The number of nitro groups is 1. The number of hydrogen-bond acceptors (Lipinski definition) is 3. The summed E-state index contributed by atoms with van der Waals surface area (Å²) in [6.07, 6.45) is 6.70. The number of rotatable bonds is 3. The summed E-state index contributed by atoms with van der Waals surface area (Å²) in [5, 5.41) is 14.1. The van der Waals surface area contributed by atoms with Gasteiger partial charge in [0.15, 0.2) is 5.96 Å². The molecule has 0 aromatic heterocycles. The van der Waals surface area contributed by atoms with Crippen molar-refractivity contribution in [1.29, 1.82) is 0 Å². The molecule has 1 saturated carbocycles. The van der Waals surface area contributed by atoms with Gasteiger partial charge in [0, 0.05) is 38.8 Å². The molecule has 0 atom stereocenters. The van der Waals surface area contributed by atoms with Crippen LogP contribution in [-0.4, -0.2) is 35.9 Å². The number of non-ortho nitro benzene ring substituents is 1. The van der Waals surface area contributed by atoms with E-state index in [1.165, 1.54) is 32.1 Å². The molecule has 1 aliphatic heterocycles. The molecule has 3 rings (SSSR count). The number of benzene rings is 1. The molecule has 2 aliphatic rings. The second-order valence-electron chi connectivity index (χ2n) is 6.70. The van der Waals surface area contributed by atoms with Crippen molar-refractivity contribution in [1.82, 2.24) is 10.2 Å². The zero-order valence-corrected chi connectivity index (χ0v) is 16.4. The highest BCUT2D eigenvalue weighted by Gasteiger charge is 2.40. The first kappa shape index (κ1) is 19.0. The van der Waals surface area contributed by atoms with E-state index in [1.54, 1.807) is 24.3 Å². The van der Waals surface area contributed by atoms with Crippen LogP contribution in [0.25, 0.3) is 0 Å². The molecule has 1 saturated heterocycles. The highest BCUT2D eigenvalue weighted by Crippen LogP contribution is 2.45. The summed E-state index contributed by atoms with van der Waals surface area (Å²) in [5.41, 5.74) is 1.66. The highest BCUT2D eigenvalue weighted by molar-refractivity contribution is 14.0. The van der Waals surface area contributed by atoms with Gasteiger partial charge in [-0.3, -0.25) is 15.1 Å². The van der Waals surface area contributed by atoms with Crippen molar-refractivity contribution >= 4 is 35.6 Å². The maximum Gasteiger partial charge on any atom is 0.269 e. The average molecular weight is 444 g/mol. The molecule has 1 aromatic carbocycles. The summed E-state index contributed by atoms with van der Waals surface area (Å²) in [6, 6.07) is 6.67. The fourth-order valence-corrected chi connectivity index (χ4v) is 3.90. The highest BCUT2D eigenvalue weighted by atomic mass is 127. The van der Waals surface area contributed by atoms with E-state index in [0.29, 0.717) is 12.0 Å². The molecule has 2 fully saturated rings. The molecular weight excluding hydrogens is 419 g/mol. The van der Waals surface area contributed by atoms with Gasteiger partial charge < -0.3 is 10.2 Å². The smallest absolute Gasteiger partial charge is 0.269 e. The van der Waals surface area contributed by atoms with Crippen LogP contribution in [0.15, 0.2) is 29.3 Å². The van der Waals surface area contributed by atoms with Gasteiger partial charge in [-0.1, -0.05) is 25.0 Å². The lowest BCUT2D eigenvalue weighted by Crippen LogP contribution is -2.40. The van der Waals surface area contributed by atoms with E-state index >= 15 is 0 Å². The molecule has 6 nitrogen and oxygen atoms in total. The average Bonchev–Trinajstić information content (AvgIpc) is 3.19. The Bertz CT molecular complexity index is 597. The summed E-state index contributed by atoms with van der Waals surface area (Å²) in [5.74, 6) is 0.937. The van der Waals surface area contributed by atoms with Gasteiger partial charge in [-0.05, 0) is 30.2 Å². The molecule has 0 bridgehead atoms. The molecule has 1 aromatic rings. The van der Waals surface area contributed by atoms with Crippen molar-refractivity contribution in [3.8, 4) is 0 Å². The molecule has 1 heterocycles. The molecule has 0 radical (unpaired) electrons. The second-order valence-corrected chi connectivity index (χ2v) is 6.70. The van der Waals surface area contributed by atoms with Crippen LogP contribution in [0.3, 0.4) is 0 Å². The van der Waals surface area contributed by atoms with Gasteiger partial charge in [0.05, 0.1) is 4.92 Å². The van der Waals surface area contributed by atoms with Gasteiger partial charge in [-0.2, -0.15) is 0 Å². The maximum atomic E-state index is 10.7. The van der Waals surface area contributed by atoms with Gasteiger partial charge >= 0.3 is 0 Å². The Hall–Kier alpha value is -1.38. The molecule has 7 heteroatoms. The zero-order chi connectivity index (χ0) is 16.3. The molecule has 1 N–H and O–H groups in total. The van der Waals surface area contributed by atoms with E-state index < -0.39 is 0 Å². The standard InChI is InChI=1S/C17H24N4O2.HI/c1-18-16(20-11-10-17(13-20)8-2-3-9-17)19-12-14-4-6-15(7-5-14)21(22)23;/h4-7H,2-3,8-13H2,1H3,(H,18,19);1H. The maximum absolute atomic E-state index is 10.7. The minimum Gasteiger partial charge on any atom is -0.352 e. The number of nitrogens with one attached hydrogen (secondary N) is 1. The van der Waals surface area contributed by atoms with Crippen LogP contribution in [0.5, 0.6) is 0 Å². The summed E-state index contributed by atoms with van der Waals surface area (Å²) in [6.45, 7) is 2.81. The monoisotopic (exact) mass is 444 g/mol. The minimum atomic E-state index is -0.374. The van der Waals surface area contributed by atoms with Crippen molar-refractivity contribution in [2.24, 2.45) is 10.4 Å². The molecule has 24 heavy (non-hydrogen) atoms. The molecular formula is C17H25IN4O2. The zero-order valence-electron chi connectivity index (χ0n) is 14.0. The van der Waals surface area contributed by atoms with E-state index in [1.807, 2.05) is 7.05 Å². The third kappa shape index (κ3) is 4.17. The van der Waals surface area contributed by atoms with Crippen molar-refractivity contribution in [3.05, 3.63) is 39.9 Å². The Morgan fingerprint density at radius 1 is 1.29 bits per heavy atom. The van der Waals surface area contributed by atoms with Gasteiger partial charge in [0.25, 0.3) is 5.69 Å². The van der Waals surface area contributed by atoms with E-state index in [2.05, 4.69) is 15.2 Å². The van der Waals surface area contributed by atoms with Gasteiger partial charge in [-0.15, -0.1) is 24.0 Å². The van der Waals surface area contributed by atoms with E-state index in [0.717, 1.165) is 24.6 Å². The number of halogens is 1. The summed E-state index contributed by atoms with van der Waals surface area (Å²) in [4.78, 5) is 17.1. The fourth-order valence-electron chi connectivity index (χ4n) is 3.90. The number of nitrogens with zero attached hydrogens (tertiary/aromatic N) is 3. The summed E-state index contributed by atoms with van der Waals surface area (Å²) in [7, 11) is 1.82. The first-order valence-electron chi connectivity index (χ1n) is 8.31. The van der Waals surface area contributed by atoms with Crippen LogP contribution in [0.2, 0.25) is 0 Å². The Morgan fingerprint density at radius 3 is 2.54 bits per heavy atom.